The van der Waals surface area contributed by atoms with E-state index in [0.717, 1.165) is 4.31 Å². The number of rotatable bonds is 3. The lowest BCUT2D eigenvalue weighted by Gasteiger charge is -2.19. The van der Waals surface area contributed by atoms with Crippen molar-refractivity contribution in [1.29, 1.82) is 0 Å². The zero-order chi connectivity index (χ0) is 14.2. The first-order valence-electron chi connectivity index (χ1n) is 5.29. The molecule has 0 aliphatic carbocycles. The summed E-state index contributed by atoms with van der Waals surface area (Å²) in [5, 5.41) is 13.0. The molecule has 1 aromatic carbocycles. The summed E-state index contributed by atoms with van der Waals surface area (Å²) in [5.41, 5.74) is 0.412. The van der Waals surface area contributed by atoms with Crippen LogP contribution in [0.4, 0.5) is 5.69 Å². The van der Waals surface area contributed by atoms with Crippen LogP contribution in [0.25, 0.3) is 0 Å². The van der Waals surface area contributed by atoms with Gasteiger partial charge in [-0.15, -0.1) is 0 Å². The third-order valence-electron chi connectivity index (χ3n) is 2.66. The van der Waals surface area contributed by atoms with Crippen LogP contribution in [0.1, 0.15) is 0 Å². The number of sulfonamides is 1. The van der Waals surface area contributed by atoms with Gasteiger partial charge in [0.15, 0.2) is 5.03 Å². The zero-order valence-corrected chi connectivity index (χ0v) is 11.9. The molecule has 0 bridgehead atoms. The van der Waals surface area contributed by atoms with Gasteiger partial charge in [-0.25, -0.2) is 0 Å². The summed E-state index contributed by atoms with van der Waals surface area (Å²) in [7, 11) is -0.891. The summed E-state index contributed by atoms with van der Waals surface area (Å²) < 4.78 is 27.2. The molecule has 0 spiro atoms. The Bertz CT molecular complexity index is 675. The Morgan fingerprint density at radius 1 is 1.32 bits per heavy atom. The summed E-state index contributed by atoms with van der Waals surface area (Å²) in [4.78, 5) is 0. The predicted octanol–water partition coefficient (Wildman–Crippen LogP) is 1.60. The van der Waals surface area contributed by atoms with Gasteiger partial charge in [0, 0.05) is 14.1 Å². The Kier molecular flexibility index (Phi) is 3.42. The highest BCUT2D eigenvalue weighted by Gasteiger charge is 2.27. The van der Waals surface area contributed by atoms with Crippen LogP contribution in [0.15, 0.2) is 35.5 Å². The summed E-state index contributed by atoms with van der Waals surface area (Å²) in [6, 6.07) is 5.81. The lowest BCUT2D eigenvalue weighted by molar-refractivity contribution is 0.475. The second kappa shape index (κ2) is 4.75. The van der Waals surface area contributed by atoms with Gasteiger partial charge in [-0.05, 0) is 24.3 Å². The Balaban J connectivity index is 2.48. The van der Waals surface area contributed by atoms with Crippen molar-refractivity contribution in [3.63, 3.8) is 0 Å². The zero-order valence-electron chi connectivity index (χ0n) is 10.3. The Morgan fingerprint density at radius 3 is 2.37 bits per heavy atom. The number of hydrogen-bond donors (Lipinski definition) is 1. The fraction of sp³-hybridized carbons (Fsp3) is 0.182. The number of hydrogen-bond acceptors (Lipinski definition) is 4. The normalized spacial score (nSPS) is 11.5. The van der Waals surface area contributed by atoms with E-state index in [1.165, 1.54) is 49.2 Å². The highest BCUT2D eigenvalue weighted by Crippen LogP contribution is 2.27. The molecule has 1 heterocycles. The number of halogens is 1. The van der Waals surface area contributed by atoms with Crippen LogP contribution in [0.2, 0.25) is 5.02 Å². The van der Waals surface area contributed by atoms with Gasteiger partial charge < -0.3 is 5.11 Å². The molecule has 0 saturated carbocycles. The lowest BCUT2D eigenvalue weighted by Crippen LogP contribution is -2.28. The number of aryl methyl sites for hydroxylation is 1. The van der Waals surface area contributed by atoms with Crippen molar-refractivity contribution in [3.05, 3.63) is 35.5 Å². The smallest absolute Gasteiger partial charge is 0.282 e. The number of phenols is 1. The van der Waals surface area contributed by atoms with Crippen molar-refractivity contribution < 1.29 is 13.5 Å². The maximum atomic E-state index is 12.4. The maximum Gasteiger partial charge on any atom is 0.282 e. The average Bonchev–Trinajstić information content (AvgIpc) is 2.69. The van der Waals surface area contributed by atoms with Crippen LogP contribution in [-0.2, 0) is 17.1 Å². The topological polar surface area (TPSA) is 75.4 Å². The molecule has 8 heteroatoms. The molecule has 0 amide bonds. The number of phenolic OH excluding ortho intramolecular Hbond substituents is 1. The van der Waals surface area contributed by atoms with Crippen LogP contribution < -0.4 is 4.31 Å². The average molecular weight is 302 g/mol. The van der Waals surface area contributed by atoms with Gasteiger partial charge in [0.25, 0.3) is 10.0 Å². The van der Waals surface area contributed by atoms with Crippen LogP contribution in [-0.4, -0.2) is 30.4 Å². The van der Waals surface area contributed by atoms with Gasteiger partial charge in [-0.3, -0.25) is 8.99 Å². The third kappa shape index (κ3) is 2.39. The maximum absolute atomic E-state index is 12.4. The molecule has 102 valence electrons. The monoisotopic (exact) mass is 301 g/mol. The molecule has 2 aromatic rings. The van der Waals surface area contributed by atoms with Crippen molar-refractivity contribution in [3.8, 4) is 5.75 Å². The molecule has 1 aromatic heterocycles. The molecule has 19 heavy (non-hydrogen) atoms. The first kappa shape index (κ1) is 13.7. The van der Waals surface area contributed by atoms with Gasteiger partial charge in [0.05, 0.1) is 16.9 Å². The minimum atomic E-state index is -3.80. The first-order valence-corrected chi connectivity index (χ1v) is 7.11. The molecule has 0 unspecified atom stereocenters. The SMILES string of the molecule is CN(c1ccc(O)cc1)S(=O)(=O)c1c(Cl)cnn1C. The molecule has 2 rings (SSSR count). The number of benzene rings is 1. The van der Waals surface area contributed by atoms with E-state index in [2.05, 4.69) is 5.10 Å². The van der Waals surface area contributed by atoms with Crippen LogP contribution in [0, 0.1) is 0 Å². The molecule has 0 aliphatic heterocycles. The minimum Gasteiger partial charge on any atom is -0.508 e. The van der Waals surface area contributed by atoms with E-state index in [0.29, 0.717) is 5.69 Å². The van der Waals surface area contributed by atoms with Crippen molar-refractivity contribution in [2.24, 2.45) is 7.05 Å². The fourth-order valence-corrected chi connectivity index (χ4v) is 3.42. The van der Waals surface area contributed by atoms with E-state index in [1.807, 2.05) is 0 Å². The van der Waals surface area contributed by atoms with Crippen molar-refractivity contribution in [1.82, 2.24) is 9.78 Å². The van der Waals surface area contributed by atoms with E-state index < -0.39 is 10.0 Å². The van der Waals surface area contributed by atoms with Gasteiger partial charge in [-0.1, -0.05) is 11.6 Å². The van der Waals surface area contributed by atoms with E-state index in [-0.39, 0.29) is 15.8 Å². The number of aromatic nitrogens is 2. The van der Waals surface area contributed by atoms with Gasteiger partial charge in [0.1, 0.15) is 5.75 Å². The van der Waals surface area contributed by atoms with Crippen LogP contribution >= 0.6 is 11.6 Å². The van der Waals surface area contributed by atoms with E-state index in [1.54, 1.807) is 0 Å². The van der Waals surface area contributed by atoms with E-state index in [4.69, 9.17) is 11.6 Å². The third-order valence-corrected chi connectivity index (χ3v) is 4.95. The Labute approximate surface area is 115 Å². The van der Waals surface area contributed by atoms with Crippen LogP contribution in [0.5, 0.6) is 5.75 Å². The number of anilines is 1. The molecule has 6 nitrogen and oxygen atoms in total. The highest BCUT2D eigenvalue weighted by molar-refractivity contribution is 7.92. The Morgan fingerprint density at radius 2 is 1.89 bits per heavy atom. The molecule has 0 atom stereocenters. The molecular formula is C11H12ClN3O3S. The van der Waals surface area contributed by atoms with Crippen LogP contribution in [0.3, 0.4) is 0 Å². The minimum absolute atomic E-state index is 0.0631. The predicted molar refractivity (Wildman–Crippen MR) is 71.9 cm³/mol. The lowest BCUT2D eigenvalue weighted by atomic mass is 10.3. The number of nitrogens with zero attached hydrogens (tertiary/aromatic N) is 3. The van der Waals surface area contributed by atoms with Crippen molar-refractivity contribution in [2.45, 2.75) is 5.03 Å². The second-order valence-electron chi connectivity index (χ2n) is 3.91. The molecule has 0 saturated heterocycles. The summed E-state index contributed by atoms with van der Waals surface area (Å²) in [5.74, 6) is 0.0631. The van der Waals surface area contributed by atoms with Gasteiger partial charge >= 0.3 is 0 Å². The number of aromatic hydroxyl groups is 1. The molecular weight excluding hydrogens is 290 g/mol. The second-order valence-corrected chi connectivity index (χ2v) is 6.20. The fourth-order valence-electron chi connectivity index (χ4n) is 1.62. The van der Waals surface area contributed by atoms with Crippen molar-refractivity contribution in [2.75, 3.05) is 11.4 Å². The molecule has 0 radical (unpaired) electrons. The van der Waals surface area contributed by atoms with E-state index in [9.17, 15) is 13.5 Å². The van der Waals surface area contributed by atoms with E-state index >= 15 is 0 Å². The quantitative estimate of drug-likeness (QED) is 0.934. The van der Waals surface area contributed by atoms with Gasteiger partial charge in [-0.2, -0.15) is 13.5 Å². The standard InChI is InChI=1S/C11H12ClN3O3S/c1-14-11(10(12)7-13-14)19(17,18)15(2)8-3-5-9(16)6-4-8/h3-7,16H,1-2H3. The van der Waals surface area contributed by atoms with Crippen molar-refractivity contribution >= 4 is 27.3 Å². The summed E-state index contributed by atoms with van der Waals surface area (Å²) in [6.07, 6.45) is 1.28. The largest absolute Gasteiger partial charge is 0.508 e. The molecule has 0 aliphatic rings. The summed E-state index contributed by atoms with van der Waals surface area (Å²) >= 11 is 5.86. The first-order chi connectivity index (χ1) is 8.84. The van der Waals surface area contributed by atoms with Gasteiger partial charge in [0.2, 0.25) is 0 Å². The highest BCUT2D eigenvalue weighted by atomic mass is 35.5. The molecule has 1 N–H and O–H groups in total. The Hall–Kier alpha value is -1.73. The molecule has 0 fully saturated rings. The summed E-state index contributed by atoms with van der Waals surface area (Å²) in [6.45, 7) is 0.